The third kappa shape index (κ3) is 2.54. The molecule has 110 valence electrons. The smallest absolute Gasteiger partial charge is 0.307 e. The number of carbonyl (C=O) groups excluding carboxylic acids is 1. The fourth-order valence-corrected chi connectivity index (χ4v) is 2.17. The number of carbonyl (C=O) groups is 1. The first-order chi connectivity index (χ1) is 10.7. The molecule has 1 aromatic carbocycles. The van der Waals surface area contributed by atoms with E-state index in [9.17, 15) is 9.90 Å². The van der Waals surface area contributed by atoms with Gasteiger partial charge in [0.2, 0.25) is 0 Å². The van der Waals surface area contributed by atoms with Gasteiger partial charge in [-0.1, -0.05) is 12.1 Å². The predicted molar refractivity (Wildman–Crippen MR) is 81.9 cm³/mol. The summed E-state index contributed by atoms with van der Waals surface area (Å²) in [6, 6.07) is 8.48. The fourth-order valence-electron chi connectivity index (χ4n) is 2.17. The van der Waals surface area contributed by atoms with E-state index in [1.54, 1.807) is 43.6 Å². The molecule has 2 heterocycles. The normalized spacial score (nSPS) is 11.1. The Kier molecular flexibility index (Phi) is 3.57. The Morgan fingerprint density at radius 1 is 1.36 bits per heavy atom. The zero-order valence-corrected chi connectivity index (χ0v) is 11.8. The summed E-state index contributed by atoms with van der Waals surface area (Å²) in [6.07, 6.45) is 4.76. The van der Waals surface area contributed by atoms with Crippen LogP contribution >= 0.6 is 0 Å². The van der Waals surface area contributed by atoms with Crippen LogP contribution in [0.3, 0.4) is 0 Å². The molecule has 2 aromatic heterocycles. The molecule has 0 saturated heterocycles. The molecule has 0 atom stereocenters. The number of amides is 1. The minimum absolute atomic E-state index is 0.0802. The van der Waals surface area contributed by atoms with Crippen LogP contribution in [0, 0.1) is 6.92 Å². The highest BCUT2D eigenvalue weighted by molar-refractivity contribution is 6.00. The summed E-state index contributed by atoms with van der Waals surface area (Å²) >= 11 is 0. The lowest BCUT2D eigenvalue weighted by Crippen LogP contribution is -2.17. The van der Waals surface area contributed by atoms with E-state index in [0.717, 1.165) is 5.56 Å². The van der Waals surface area contributed by atoms with Crippen molar-refractivity contribution in [2.45, 2.75) is 6.92 Å². The van der Waals surface area contributed by atoms with Crippen LogP contribution in [-0.4, -0.2) is 22.2 Å². The van der Waals surface area contributed by atoms with Crippen molar-refractivity contribution in [1.82, 2.24) is 10.4 Å². The number of hydrogen-bond donors (Lipinski definition) is 2. The topological polar surface area (TPSA) is 87.7 Å². The summed E-state index contributed by atoms with van der Waals surface area (Å²) in [5, 5.41) is 14.2. The van der Waals surface area contributed by atoms with Gasteiger partial charge >= 0.3 is 5.91 Å². The van der Waals surface area contributed by atoms with E-state index in [0.29, 0.717) is 16.5 Å². The highest BCUT2D eigenvalue weighted by atomic mass is 16.3. The van der Waals surface area contributed by atoms with E-state index in [4.69, 9.17) is 4.42 Å². The number of hydrazone groups is 1. The molecule has 0 aliphatic rings. The van der Waals surface area contributed by atoms with Gasteiger partial charge in [-0.25, -0.2) is 5.43 Å². The number of phenols is 1. The molecule has 1 amide bonds. The Labute approximate surface area is 126 Å². The molecule has 3 aromatic rings. The summed E-state index contributed by atoms with van der Waals surface area (Å²) in [6.45, 7) is 1.71. The van der Waals surface area contributed by atoms with Crippen LogP contribution in [0.25, 0.3) is 11.0 Å². The van der Waals surface area contributed by atoms with Crippen molar-refractivity contribution in [1.29, 1.82) is 0 Å². The lowest BCUT2D eigenvalue weighted by atomic mass is 10.1. The molecule has 0 spiro atoms. The van der Waals surface area contributed by atoms with Gasteiger partial charge in [-0.3, -0.25) is 9.78 Å². The number of benzene rings is 1. The lowest BCUT2D eigenvalue weighted by molar-refractivity contribution is 0.0929. The van der Waals surface area contributed by atoms with Crippen molar-refractivity contribution in [2.24, 2.45) is 5.10 Å². The first-order valence-electron chi connectivity index (χ1n) is 6.61. The number of nitrogens with zero attached hydrogens (tertiary/aromatic N) is 2. The highest BCUT2D eigenvalue weighted by Crippen LogP contribution is 2.32. The zero-order chi connectivity index (χ0) is 15.5. The number of phenolic OH excluding ortho intramolecular Hbond substituents is 1. The van der Waals surface area contributed by atoms with Crippen LogP contribution in [0.15, 0.2) is 52.2 Å². The summed E-state index contributed by atoms with van der Waals surface area (Å²) in [7, 11) is 0. The number of aryl methyl sites for hydroxylation is 1. The monoisotopic (exact) mass is 295 g/mol. The second kappa shape index (κ2) is 5.69. The molecule has 0 fully saturated rings. The van der Waals surface area contributed by atoms with E-state index >= 15 is 0 Å². The van der Waals surface area contributed by atoms with Gasteiger partial charge in [0.25, 0.3) is 0 Å². The molecular weight excluding hydrogens is 282 g/mol. The van der Waals surface area contributed by atoms with Crippen LogP contribution in [0.4, 0.5) is 0 Å². The van der Waals surface area contributed by atoms with Gasteiger partial charge in [0.05, 0.1) is 11.6 Å². The van der Waals surface area contributed by atoms with Crippen molar-refractivity contribution < 1.29 is 14.3 Å². The summed E-state index contributed by atoms with van der Waals surface area (Å²) in [5.41, 5.74) is 4.19. The van der Waals surface area contributed by atoms with E-state index < -0.39 is 5.91 Å². The summed E-state index contributed by atoms with van der Waals surface area (Å²) < 4.78 is 5.49. The summed E-state index contributed by atoms with van der Waals surface area (Å²) in [4.78, 5) is 16.1. The van der Waals surface area contributed by atoms with Gasteiger partial charge in [0, 0.05) is 23.5 Å². The molecular formula is C16H13N3O3. The quantitative estimate of drug-likeness (QED) is 0.574. The van der Waals surface area contributed by atoms with Gasteiger partial charge in [0.15, 0.2) is 5.76 Å². The SMILES string of the molecule is Cc1c(C(=O)N/N=C/c2cccnc2)oc2cccc(O)c12. The van der Waals surface area contributed by atoms with Gasteiger partial charge in [0.1, 0.15) is 11.3 Å². The molecule has 6 heteroatoms. The number of rotatable bonds is 3. The molecule has 0 radical (unpaired) electrons. The largest absolute Gasteiger partial charge is 0.507 e. The van der Waals surface area contributed by atoms with Crippen LogP contribution in [0.1, 0.15) is 21.7 Å². The Morgan fingerprint density at radius 2 is 2.23 bits per heavy atom. The number of fused-ring (bicyclic) bond motifs is 1. The van der Waals surface area contributed by atoms with Crippen LogP contribution < -0.4 is 5.43 Å². The Hall–Kier alpha value is -3.15. The molecule has 3 rings (SSSR count). The second-order valence-corrected chi connectivity index (χ2v) is 4.69. The first kappa shape index (κ1) is 13.8. The lowest BCUT2D eigenvalue weighted by Gasteiger charge is -1.97. The Morgan fingerprint density at radius 3 is 2.95 bits per heavy atom. The Bertz CT molecular complexity index is 854. The minimum atomic E-state index is -0.478. The van der Waals surface area contributed by atoms with Gasteiger partial charge < -0.3 is 9.52 Å². The highest BCUT2D eigenvalue weighted by Gasteiger charge is 2.19. The number of nitrogens with one attached hydrogen (secondary N) is 1. The number of aromatic nitrogens is 1. The third-order valence-electron chi connectivity index (χ3n) is 3.20. The standard InChI is InChI=1S/C16H13N3O3/c1-10-14-12(20)5-2-6-13(14)22-15(10)16(21)19-18-9-11-4-3-7-17-8-11/h2-9,20H,1H3,(H,19,21)/b18-9+. The third-order valence-corrected chi connectivity index (χ3v) is 3.20. The van der Waals surface area contributed by atoms with Gasteiger partial charge in [-0.05, 0) is 25.1 Å². The van der Waals surface area contributed by atoms with Crippen molar-refractivity contribution in [3.63, 3.8) is 0 Å². The average molecular weight is 295 g/mol. The van der Waals surface area contributed by atoms with E-state index in [1.807, 2.05) is 6.07 Å². The van der Waals surface area contributed by atoms with Crippen molar-refractivity contribution in [3.05, 3.63) is 59.6 Å². The number of hydrogen-bond acceptors (Lipinski definition) is 5. The molecule has 22 heavy (non-hydrogen) atoms. The first-order valence-corrected chi connectivity index (χ1v) is 6.61. The maximum absolute atomic E-state index is 12.1. The molecule has 0 aliphatic heterocycles. The molecule has 0 saturated carbocycles. The van der Waals surface area contributed by atoms with Crippen LogP contribution in [0.5, 0.6) is 5.75 Å². The zero-order valence-electron chi connectivity index (χ0n) is 11.8. The van der Waals surface area contributed by atoms with Gasteiger partial charge in [-0.2, -0.15) is 5.10 Å². The second-order valence-electron chi connectivity index (χ2n) is 4.69. The number of aromatic hydroxyl groups is 1. The number of pyridine rings is 1. The summed E-state index contributed by atoms with van der Waals surface area (Å²) in [5.74, 6) is -0.273. The van der Waals surface area contributed by atoms with Crippen molar-refractivity contribution >= 4 is 23.1 Å². The van der Waals surface area contributed by atoms with E-state index in [-0.39, 0.29) is 11.5 Å². The minimum Gasteiger partial charge on any atom is -0.507 e. The molecule has 0 unspecified atom stereocenters. The van der Waals surface area contributed by atoms with E-state index in [1.165, 1.54) is 6.21 Å². The van der Waals surface area contributed by atoms with Crippen LogP contribution in [-0.2, 0) is 0 Å². The van der Waals surface area contributed by atoms with Crippen molar-refractivity contribution in [3.8, 4) is 5.75 Å². The van der Waals surface area contributed by atoms with Gasteiger partial charge in [-0.15, -0.1) is 0 Å². The Balaban J connectivity index is 1.82. The molecule has 0 aliphatic carbocycles. The maximum atomic E-state index is 12.1. The number of furan rings is 1. The predicted octanol–water partition coefficient (Wildman–Crippen LogP) is 2.61. The van der Waals surface area contributed by atoms with E-state index in [2.05, 4.69) is 15.5 Å². The van der Waals surface area contributed by atoms with Crippen LogP contribution in [0.2, 0.25) is 0 Å². The van der Waals surface area contributed by atoms with Crippen molar-refractivity contribution in [2.75, 3.05) is 0 Å². The molecule has 2 N–H and O–H groups in total. The fraction of sp³-hybridized carbons (Fsp3) is 0.0625. The molecule has 0 bridgehead atoms. The molecule has 6 nitrogen and oxygen atoms in total. The average Bonchev–Trinajstić information content (AvgIpc) is 2.87. The maximum Gasteiger partial charge on any atom is 0.307 e.